The summed E-state index contributed by atoms with van der Waals surface area (Å²) in [5.74, 6) is 2.28. The summed E-state index contributed by atoms with van der Waals surface area (Å²) in [5, 5.41) is 1.10. The molecule has 0 spiro atoms. The minimum Gasteiger partial charge on any atom is -0.497 e. The first-order valence-electron chi connectivity index (χ1n) is 6.64. The minimum atomic E-state index is 0.716. The maximum Gasteiger partial charge on any atom is 0.162 e. The van der Waals surface area contributed by atoms with Crippen LogP contribution in [0.25, 0.3) is 22.0 Å². The Morgan fingerprint density at radius 3 is 2.10 bits per heavy atom. The summed E-state index contributed by atoms with van der Waals surface area (Å²) in [6, 6.07) is 11.9. The molecule has 0 unspecified atom stereocenters. The second kappa shape index (κ2) is 5.40. The number of hydrogen-bond donors (Lipinski definition) is 1. The third-order valence-electron chi connectivity index (χ3n) is 3.59. The number of H-pyrrole nitrogens is 1. The zero-order chi connectivity index (χ0) is 14.8. The summed E-state index contributed by atoms with van der Waals surface area (Å²) in [6.45, 7) is 0. The molecule has 4 heteroatoms. The van der Waals surface area contributed by atoms with Crippen LogP contribution in [0, 0.1) is 0 Å². The van der Waals surface area contributed by atoms with E-state index in [0.717, 1.165) is 33.5 Å². The van der Waals surface area contributed by atoms with Crippen molar-refractivity contribution in [3.8, 4) is 28.4 Å². The standard InChI is InChI=1S/C17H17NO3/c1-19-12-6-4-11(5-7-12)14-10-18-15-9-17(21-3)16(20-2)8-13(14)15/h4-10,18H,1-3H3. The number of aromatic amines is 1. The highest BCUT2D eigenvalue weighted by molar-refractivity contribution is 5.97. The first kappa shape index (κ1) is 13.4. The smallest absolute Gasteiger partial charge is 0.162 e. The van der Waals surface area contributed by atoms with Crippen LogP contribution in [0.1, 0.15) is 0 Å². The molecule has 0 amide bonds. The molecule has 0 aliphatic rings. The van der Waals surface area contributed by atoms with Gasteiger partial charge in [-0.05, 0) is 23.8 Å². The van der Waals surface area contributed by atoms with Crippen molar-refractivity contribution in [1.29, 1.82) is 0 Å². The van der Waals surface area contributed by atoms with Gasteiger partial charge in [-0.3, -0.25) is 0 Å². The van der Waals surface area contributed by atoms with Gasteiger partial charge < -0.3 is 19.2 Å². The first-order chi connectivity index (χ1) is 10.3. The number of rotatable bonds is 4. The van der Waals surface area contributed by atoms with E-state index in [1.54, 1.807) is 21.3 Å². The quantitative estimate of drug-likeness (QED) is 0.790. The number of benzene rings is 2. The van der Waals surface area contributed by atoms with E-state index >= 15 is 0 Å². The van der Waals surface area contributed by atoms with E-state index in [2.05, 4.69) is 4.98 Å². The molecule has 1 aromatic heterocycles. The van der Waals surface area contributed by atoms with Crippen molar-refractivity contribution in [2.24, 2.45) is 0 Å². The van der Waals surface area contributed by atoms with Crippen LogP contribution in [0.2, 0.25) is 0 Å². The van der Waals surface area contributed by atoms with Crippen molar-refractivity contribution >= 4 is 10.9 Å². The van der Waals surface area contributed by atoms with Gasteiger partial charge in [0, 0.05) is 28.7 Å². The minimum absolute atomic E-state index is 0.716. The zero-order valence-corrected chi connectivity index (χ0v) is 12.3. The second-order valence-electron chi connectivity index (χ2n) is 4.68. The van der Waals surface area contributed by atoms with E-state index in [-0.39, 0.29) is 0 Å². The molecule has 0 aliphatic carbocycles. The van der Waals surface area contributed by atoms with Crippen LogP contribution in [0.3, 0.4) is 0 Å². The molecule has 3 rings (SSSR count). The Morgan fingerprint density at radius 2 is 1.48 bits per heavy atom. The van der Waals surface area contributed by atoms with Crippen molar-refractivity contribution < 1.29 is 14.2 Å². The van der Waals surface area contributed by atoms with Crippen molar-refractivity contribution in [3.05, 3.63) is 42.6 Å². The highest BCUT2D eigenvalue weighted by Gasteiger charge is 2.11. The Bertz CT molecular complexity index is 760. The van der Waals surface area contributed by atoms with Crippen LogP contribution in [0.5, 0.6) is 17.2 Å². The lowest BCUT2D eigenvalue weighted by Gasteiger charge is -2.08. The molecule has 0 radical (unpaired) electrons. The topological polar surface area (TPSA) is 43.5 Å². The summed E-state index contributed by atoms with van der Waals surface area (Å²) in [7, 11) is 4.94. The van der Waals surface area contributed by atoms with Gasteiger partial charge in [-0.15, -0.1) is 0 Å². The van der Waals surface area contributed by atoms with E-state index < -0.39 is 0 Å². The maximum absolute atomic E-state index is 5.38. The van der Waals surface area contributed by atoms with E-state index in [9.17, 15) is 0 Å². The average Bonchev–Trinajstić information content (AvgIpc) is 2.96. The number of nitrogens with one attached hydrogen (secondary N) is 1. The van der Waals surface area contributed by atoms with Crippen molar-refractivity contribution in [1.82, 2.24) is 4.98 Å². The van der Waals surface area contributed by atoms with E-state index in [0.29, 0.717) is 5.75 Å². The van der Waals surface area contributed by atoms with Crippen LogP contribution >= 0.6 is 0 Å². The highest BCUT2D eigenvalue weighted by atomic mass is 16.5. The summed E-state index contributed by atoms with van der Waals surface area (Å²) >= 11 is 0. The van der Waals surface area contributed by atoms with Crippen LogP contribution in [-0.2, 0) is 0 Å². The molecular formula is C17H17NO3. The fourth-order valence-electron chi connectivity index (χ4n) is 2.46. The van der Waals surface area contributed by atoms with Crippen molar-refractivity contribution in [3.63, 3.8) is 0 Å². The van der Waals surface area contributed by atoms with Gasteiger partial charge in [-0.1, -0.05) is 12.1 Å². The predicted octanol–water partition coefficient (Wildman–Crippen LogP) is 3.86. The zero-order valence-electron chi connectivity index (χ0n) is 12.3. The second-order valence-corrected chi connectivity index (χ2v) is 4.68. The molecule has 21 heavy (non-hydrogen) atoms. The highest BCUT2D eigenvalue weighted by Crippen LogP contribution is 2.37. The van der Waals surface area contributed by atoms with E-state index in [4.69, 9.17) is 14.2 Å². The Hall–Kier alpha value is -2.62. The molecule has 4 nitrogen and oxygen atoms in total. The molecule has 1 N–H and O–H groups in total. The summed E-state index contributed by atoms with van der Waals surface area (Å²) in [4.78, 5) is 3.27. The molecule has 2 aromatic carbocycles. The Kier molecular flexibility index (Phi) is 3.44. The number of methoxy groups -OCH3 is 3. The first-order valence-corrected chi connectivity index (χ1v) is 6.64. The normalized spacial score (nSPS) is 10.6. The molecule has 0 atom stereocenters. The fourth-order valence-corrected chi connectivity index (χ4v) is 2.46. The molecule has 0 saturated heterocycles. The number of ether oxygens (including phenoxy) is 3. The molecule has 108 valence electrons. The SMILES string of the molecule is COc1ccc(-c2c[nH]c3cc(OC)c(OC)cc23)cc1. The number of hydrogen-bond acceptors (Lipinski definition) is 3. The van der Waals surface area contributed by atoms with Gasteiger partial charge in [0.2, 0.25) is 0 Å². The summed E-state index contributed by atoms with van der Waals surface area (Å²) in [6.07, 6.45) is 1.99. The van der Waals surface area contributed by atoms with Gasteiger partial charge in [0.15, 0.2) is 11.5 Å². The fraction of sp³-hybridized carbons (Fsp3) is 0.176. The molecule has 1 heterocycles. The van der Waals surface area contributed by atoms with Crippen LogP contribution in [0.4, 0.5) is 0 Å². The summed E-state index contributed by atoms with van der Waals surface area (Å²) in [5.41, 5.74) is 3.25. The number of fused-ring (bicyclic) bond motifs is 1. The lowest BCUT2D eigenvalue weighted by Crippen LogP contribution is -1.90. The van der Waals surface area contributed by atoms with Gasteiger partial charge >= 0.3 is 0 Å². The van der Waals surface area contributed by atoms with Crippen LogP contribution < -0.4 is 14.2 Å². The van der Waals surface area contributed by atoms with Crippen LogP contribution in [-0.4, -0.2) is 26.3 Å². The molecule has 0 fully saturated rings. The average molecular weight is 283 g/mol. The van der Waals surface area contributed by atoms with Gasteiger partial charge in [0.1, 0.15) is 5.75 Å². The maximum atomic E-state index is 5.38. The van der Waals surface area contributed by atoms with Gasteiger partial charge in [0.25, 0.3) is 0 Å². The van der Waals surface area contributed by atoms with Gasteiger partial charge in [-0.2, -0.15) is 0 Å². The number of aromatic nitrogens is 1. The van der Waals surface area contributed by atoms with Gasteiger partial charge in [-0.25, -0.2) is 0 Å². The Morgan fingerprint density at radius 1 is 0.810 bits per heavy atom. The Balaban J connectivity index is 2.14. The van der Waals surface area contributed by atoms with E-state index in [1.165, 1.54) is 0 Å². The van der Waals surface area contributed by atoms with E-state index in [1.807, 2.05) is 42.6 Å². The summed E-state index contributed by atoms with van der Waals surface area (Å²) < 4.78 is 15.9. The molecule has 3 aromatic rings. The Labute approximate surface area is 123 Å². The lowest BCUT2D eigenvalue weighted by molar-refractivity contribution is 0.356. The van der Waals surface area contributed by atoms with Crippen molar-refractivity contribution in [2.45, 2.75) is 0 Å². The predicted molar refractivity (Wildman–Crippen MR) is 83.4 cm³/mol. The van der Waals surface area contributed by atoms with Crippen molar-refractivity contribution in [2.75, 3.05) is 21.3 Å². The van der Waals surface area contributed by atoms with Crippen LogP contribution in [0.15, 0.2) is 42.6 Å². The monoisotopic (exact) mass is 283 g/mol. The molecule has 0 saturated carbocycles. The third kappa shape index (κ3) is 2.29. The molecule has 0 bridgehead atoms. The largest absolute Gasteiger partial charge is 0.497 e. The molecular weight excluding hydrogens is 266 g/mol. The lowest BCUT2D eigenvalue weighted by atomic mass is 10.0. The third-order valence-corrected chi connectivity index (χ3v) is 3.59. The van der Waals surface area contributed by atoms with Gasteiger partial charge in [0.05, 0.1) is 21.3 Å². The molecule has 0 aliphatic heterocycles.